The van der Waals surface area contributed by atoms with E-state index in [1.165, 1.54) is 35.0 Å². The molecule has 29 heavy (non-hydrogen) atoms. The van der Waals surface area contributed by atoms with E-state index in [0.29, 0.717) is 11.3 Å². The van der Waals surface area contributed by atoms with Crippen LogP contribution in [0.15, 0.2) is 65.6 Å². The van der Waals surface area contributed by atoms with E-state index in [9.17, 15) is 22.8 Å². The molecule has 0 bridgehead atoms. The number of carbonyl (C=O) groups is 1. The van der Waals surface area contributed by atoms with Gasteiger partial charge in [-0.25, -0.2) is 0 Å². The minimum atomic E-state index is -4.46. The maximum atomic E-state index is 12.9. The molecule has 0 atom stereocenters. The number of pyridine rings is 1. The van der Waals surface area contributed by atoms with Crippen molar-refractivity contribution in [1.29, 1.82) is 0 Å². The van der Waals surface area contributed by atoms with Crippen LogP contribution in [-0.4, -0.2) is 10.5 Å². The van der Waals surface area contributed by atoms with E-state index in [4.69, 9.17) is 0 Å². The minimum absolute atomic E-state index is 0.0760. The van der Waals surface area contributed by atoms with E-state index >= 15 is 0 Å². The van der Waals surface area contributed by atoms with Crippen LogP contribution in [0.5, 0.6) is 0 Å². The molecule has 4 nitrogen and oxygen atoms in total. The molecule has 0 saturated heterocycles. The Bertz CT molecular complexity index is 1120. The van der Waals surface area contributed by atoms with Gasteiger partial charge in [0.15, 0.2) is 0 Å². The van der Waals surface area contributed by atoms with Crippen molar-refractivity contribution in [2.45, 2.75) is 26.6 Å². The van der Waals surface area contributed by atoms with E-state index in [1.54, 1.807) is 0 Å². The van der Waals surface area contributed by atoms with Gasteiger partial charge in [-0.15, -0.1) is 0 Å². The number of amides is 1. The van der Waals surface area contributed by atoms with Crippen molar-refractivity contribution in [3.63, 3.8) is 0 Å². The predicted octanol–water partition coefficient (Wildman–Crippen LogP) is 4.78. The van der Waals surface area contributed by atoms with Gasteiger partial charge in [0.1, 0.15) is 0 Å². The largest absolute Gasteiger partial charge is 0.416 e. The molecule has 0 radical (unpaired) electrons. The smallest absolute Gasteiger partial charge is 0.322 e. The maximum absolute atomic E-state index is 12.9. The van der Waals surface area contributed by atoms with Gasteiger partial charge in [-0.05, 0) is 54.8 Å². The van der Waals surface area contributed by atoms with E-state index in [0.717, 1.165) is 23.3 Å². The van der Waals surface area contributed by atoms with E-state index < -0.39 is 23.2 Å². The predicted molar refractivity (Wildman–Crippen MR) is 105 cm³/mol. The van der Waals surface area contributed by atoms with Crippen molar-refractivity contribution in [2.75, 3.05) is 5.32 Å². The summed E-state index contributed by atoms with van der Waals surface area (Å²) in [5, 5.41) is 2.80. The summed E-state index contributed by atoms with van der Waals surface area (Å²) in [6, 6.07) is 13.0. The molecule has 3 rings (SSSR count). The number of carbonyl (C=O) groups excluding carboxylic acids is 1. The number of anilines is 1. The highest BCUT2D eigenvalue weighted by molar-refractivity contribution is 6.04. The first-order chi connectivity index (χ1) is 13.6. The number of alkyl halides is 3. The van der Waals surface area contributed by atoms with Gasteiger partial charge in [0.05, 0.1) is 17.7 Å². The molecule has 150 valence electrons. The maximum Gasteiger partial charge on any atom is 0.416 e. The third kappa shape index (κ3) is 4.93. The Balaban J connectivity index is 1.86. The zero-order chi connectivity index (χ0) is 21.2. The third-order valence-corrected chi connectivity index (χ3v) is 4.49. The molecule has 3 aromatic rings. The van der Waals surface area contributed by atoms with Crippen molar-refractivity contribution in [3.05, 3.63) is 99.0 Å². The zero-order valence-electron chi connectivity index (χ0n) is 15.9. The average molecular weight is 400 g/mol. The summed E-state index contributed by atoms with van der Waals surface area (Å²) in [5.41, 5.74) is 1.89. The highest BCUT2D eigenvalue weighted by Crippen LogP contribution is 2.29. The first kappa shape index (κ1) is 20.4. The van der Waals surface area contributed by atoms with E-state index in [1.807, 2.05) is 32.0 Å². The summed E-state index contributed by atoms with van der Waals surface area (Å²) in [6.45, 7) is 3.70. The first-order valence-electron chi connectivity index (χ1n) is 8.89. The zero-order valence-corrected chi connectivity index (χ0v) is 15.9. The van der Waals surface area contributed by atoms with Crippen LogP contribution in [0, 0.1) is 13.8 Å². The molecule has 1 aromatic heterocycles. The second kappa shape index (κ2) is 7.95. The fourth-order valence-electron chi connectivity index (χ4n) is 2.90. The van der Waals surface area contributed by atoms with Crippen LogP contribution >= 0.6 is 0 Å². The van der Waals surface area contributed by atoms with E-state index in [2.05, 4.69) is 5.32 Å². The molecular formula is C22H19F3N2O2. The first-order valence-corrected chi connectivity index (χ1v) is 8.89. The lowest BCUT2D eigenvalue weighted by molar-refractivity contribution is -0.137. The SMILES string of the molecule is Cc1ccc(C)c(NC(=O)c2ccc(=O)n(Cc3cccc(C(F)(F)F)c3)c2)c1. The Morgan fingerprint density at radius 3 is 2.52 bits per heavy atom. The Morgan fingerprint density at radius 2 is 1.79 bits per heavy atom. The summed E-state index contributed by atoms with van der Waals surface area (Å²) in [4.78, 5) is 24.8. The normalized spacial score (nSPS) is 11.3. The highest BCUT2D eigenvalue weighted by Gasteiger charge is 2.30. The van der Waals surface area contributed by atoms with Gasteiger partial charge in [0.25, 0.3) is 11.5 Å². The van der Waals surface area contributed by atoms with Gasteiger partial charge in [-0.2, -0.15) is 13.2 Å². The fraction of sp³-hybridized carbons (Fsp3) is 0.182. The molecule has 0 fully saturated rings. The van der Waals surface area contributed by atoms with Gasteiger partial charge in [0.2, 0.25) is 0 Å². The van der Waals surface area contributed by atoms with Crippen molar-refractivity contribution in [1.82, 2.24) is 4.57 Å². The molecule has 0 aliphatic rings. The van der Waals surface area contributed by atoms with Crippen LogP contribution in [0.1, 0.15) is 32.6 Å². The number of nitrogens with one attached hydrogen (secondary N) is 1. The second-order valence-corrected chi connectivity index (χ2v) is 6.85. The lowest BCUT2D eigenvalue weighted by atomic mass is 10.1. The Morgan fingerprint density at radius 1 is 1.03 bits per heavy atom. The Hall–Kier alpha value is -3.35. The lowest BCUT2D eigenvalue weighted by Gasteiger charge is -2.12. The second-order valence-electron chi connectivity index (χ2n) is 6.85. The molecule has 0 spiro atoms. The summed E-state index contributed by atoms with van der Waals surface area (Å²) in [6.07, 6.45) is -3.11. The van der Waals surface area contributed by atoms with Crippen LogP contribution < -0.4 is 10.9 Å². The number of rotatable bonds is 4. The third-order valence-electron chi connectivity index (χ3n) is 4.49. The van der Waals surface area contributed by atoms with Gasteiger partial charge in [0, 0.05) is 18.0 Å². The summed E-state index contributed by atoms with van der Waals surface area (Å²) in [7, 11) is 0. The summed E-state index contributed by atoms with van der Waals surface area (Å²) >= 11 is 0. The van der Waals surface area contributed by atoms with Crippen LogP contribution in [0.2, 0.25) is 0 Å². The number of hydrogen-bond donors (Lipinski definition) is 1. The van der Waals surface area contributed by atoms with Crippen LogP contribution in [0.25, 0.3) is 0 Å². The topological polar surface area (TPSA) is 51.1 Å². The molecule has 7 heteroatoms. The quantitative estimate of drug-likeness (QED) is 0.685. The van der Waals surface area contributed by atoms with Gasteiger partial charge in [-0.3, -0.25) is 9.59 Å². The molecule has 2 aromatic carbocycles. The van der Waals surface area contributed by atoms with Gasteiger partial charge < -0.3 is 9.88 Å². The molecule has 0 aliphatic heterocycles. The number of halogens is 3. The van der Waals surface area contributed by atoms with Crippen molar-refractivity contribution < 1.29 is 18.0 Å². The number of aryl methyl sites for hydroxylation is 2. The molecule has 1 N–H and O–H groups in total. The molecule has 1 heterocycles. The summed E-state index contributed by atoms with van der Waals surface area (Å²) < 4.78 is 39.9. The van der Waals surface area contributed by atoms with Gasteiger partial charge in [-0.1, -0.05) is 24.3 Å². The molecule has 1 amide bonds. The van der Waals surface area contributed by atoms with Crippen molar-refractivity contribution in [2.24, 2.45) is 0 Å². The molecule has 0 aliphatic carbocycles. The molecular weight excluding hydrogens is 381 g/mol. The number of nitrogens with zero attached hydrogens (tertiary/aromatic N) is 1. The van der Waals surface area contributed by atoms with Crippen molar-refractivity contribution >= 4 is 11.6 Å². The monoisotopic (exact) mass is 400 g/mol. The fourth-order valence-corrected chi connectivity index (χ4v) is 2.90. The number of aromatic nitrogens is 1. The average Bonchev–Trinajstić information content (AvgIpc) is 2.66. The molecule has 0 saturated carbocycles. The minimum Gasteiger partial charge on any atom is -0.322 e. The lowest BCUT2D eigenvalue weighted by Crippen LogP contribution is -2.23. The molecule has 0 unspecified atom stereocenters. The highest BCUT2D eigenvalue weighted by atomic mass is 19.4. The van der Waals surface area contributed by atoms with Crippen molar-refractivity contribution in [3.8, 4) is 0 Å². The standard InChI is InChI=1S/C22H19F3N2O2/c1-14-6-7-15(2)19(10-14)26-21(29)17-8-9-20(28)27(13-17)12-16-4-3-5-18(11-16)22(23,24)25/h3-11,13H,12H2,1-2H3,(H,26,29). The Kier molecular flexibility index (Phi) is 5.59. The number of benzene rings is 2. The summed E-state index contributed by atoms with van der Waals surface area (Å²) in [5.74, 6) is -0.406. The van der Waals surface area contributed by atoms with Gasteiger partial charge >= 0.3 is 6.18 Å². The number of hydrogen-bond acceptors (Lipinski definition) is 2. The van der Waals surface area contributed by atoms with Crippen LogP contribution in [0.3, 0.4) is 0 Å². The van der Waals surface area contributed by atoms with Crippen LogP contribution in [0.4, 0.5) is 18.9 Å². The Labute approximate surface area is 165 Å². The van der Waals surface area contributed by atoms with E-state index in [-0.39, 0.29) is 12.1 Å². The van der Waals surface area contributed by atoms with Crippen LogP contribution in [-0.2, 0) is 12.7 Å².